The molecule has 1 aliphatic rings. The van der Waals surface area contributed by atoms with Crippen LogP contribution in [0.2, 0.25) is 0 Å². The van der Waals surface area contributed by atoms with Gasteiger partial charge >= 0.3 is 0 Å². The number of aromatic nitrogens is 4. The van der Waals surface area contributed by atoms with E-state index in [4.69, 9.17) is 4.98 Å². The van der Waals surface area contributed by atoms with Gasteiger partial charge in [0.1, 0.15) is 16.3 Å². The molecule has 1 amide bonds. The number of piperazine rings is 1. The molecule has 31 heavy (non-hydrogen) atoms. The van der Waals surface area contributed by atoms with E-state index in [1.807, 2.05) is 29.8 Å². The SMILES string of the molecule is Cc1cnc(C(=O)N2CCN(Cc3nc4scc(-c5cccs5)c4c(=O)[nH]3)CC2)cn1. The highest BCUT2D eigenvalue weighted by atomic mass is 32.1. The maximum Gasteiger partial charge on any atom is 0.274 e. The molecule has 4 aromatic heterocycles. The summed E-state index contributed by atoms with van der Waals surface area (Å²) in [6.07, 6.45) is 3.13. The minimum atomic E-state index is -0.101. The van der Waals surface area contributed by atoms with Crippen molar-refractivity contribution >= 4 is 38.8 Å². The van der Waals surface area contributed by atoms with Gasteiger partial charge in [-0.3, -0.25) is 19.5 Å². The number of nitrogens with zero attached hydrogens (tertiary/aromatic N) is 5. The van der Waals surface area contributed by atoms with Crippen molar-refractivity contribution in [2.24, 2.45) is 0 Å². The highest BCUT2D eigenvalue weighted by Crippen LogP contribution is 2.33. The van der Waals surface area contributed by atoms with Gasteiger partial charge in [0.15, 0.2) is 0 Å². The smallest absolute Gasteiger partial charge is 0.274 e. The Morgan fingerprint density at radius 3 is 2.71 bits per heavy atom. The molecule has 1 N–H and O–H groups in total. The summed E-state index contributed by atoms with van der Waals surface area (Å²) in [4.78, 5) is 47.2. The Hall–Kier alpha value is -2.95. The average Bonchev–Trinajstić information content (AvgIpc) is 3.44. The minimum absolute atomic E-state index is 0.0974. The lowest BCUT2D eigenvalue weighted by atomic mass is 10.2. The lowest BCUT2D eigenvalue weighted by molar-refractivity contribution is 0.0619. The molecule has 0 bridgehead atoms. The van der Waals surface area contributed by atoms with Crippen LogP contribution in [0.25, 0.3) is 20.7 Å². The monoisotopic (exact) mass is 452 g/mol. The number of amides is 1. The fourth-order valence-electron chi connectivity index (χ4n) is 3.67. The standard InChI is InChI=1S/C21H20N6O2S2/c1-13-9-23-15(10-22-13)21(29)27-6-4-26(5-7-27)11-17-24-19(28)18-14(12-31-20(18)25-17)16-3-2-8-30-16/h2-3,8-10,12H,4-7,11H2,1H3,(H,24,25,28). The summed E-state index contributed by atoms with van der Waals surface area (Å²) in [6, 6.07) is 4.00. The Bertz CT molecular complexity index is 1270. The van der Waals surface area contributed by atoms with E-state index in [2.05, 4.69) is 19.9 Å². The first kappa shape index (κ1) is 20.0. The van der Waals surface area contributed by atoms with Crippen molar-refractivity contribution in [3.05, 3.63) is 62.9 Å². The molecule has 10 heteroatoms. The molecule has 4 aromatic rings. The van der Waals surface area contributed by atoms with Gasteiger partial charge in [0.05, 0.1) is 23.8 Å². The third-order valence-corrected chi connectivity index (χ3v) is 7.09. The number of aromatic amines is 1. The van der Waals surface area contributed by atoms with E-state index in [0.717, 1.165) is 21.0 Å². The molecule has 1 aliphatic heterocycles. The Morgan fingerprint density at radius 2 is 2.00 bits per heavy atom. The third-order valence-electron chi connectivity index (χ3n) is 5.31. The molecule has 158 valence electrons. The fraction of sp³-hybridized carbons (Fsp3) is 0.286. The number of hydrogen-bond acceptors (Lipinski definition) is 8. The lowest BCUT2D eigenvalue weighted by Gasteiger charge is -2.34. The van der Waals surface area contributed by atoms with E-state index in [0.29, 0.717) is 49.6 Å². The number of aryl methyl sites for hydroxylation is 1. The van der Waals surface area contributed by atoms with E-state index in [1.165, 1.54) is 17.5 Å². The predicted molar refractivity (Wildman–Crippen MR) is 122 cm³/mol. The molecule has 1 saturated heterocycles. The summed E-state index contributed by atoms with van der Waals surface area (Å²) >= 11 is 3.11. The lowest BCUT2D eigenvalue weighted by Crippen LogP contribution is -2.48. The second-order valence-corrected chi connectivity index (χ2v) is 9.24. The van der Waals surface area contributed by atoms with E-state index < -0.39 is 0 Å². The number of carbonyl (C=O) groups excluding carboxylic acids is 1. The van der Waals surface area contributed by atoms with Crippen molar-refractivity contribution in [3.8, 4) is 10.4 Å². The summed E-state index contributed by atoms with van der Waals surface area (Å²) in [5.74, 6) is 0.557. The van der Waals surface area contributed by atoms with E-state index in [-0.39, 0.29) is 11.5 Å². The Kier molecular flexibility index (Phi) is 5.34. The van der Waals surface area contributed by atoms with E-state index in [9.17, 15) is 9.59 Å². The summed E-state index contributed by atoms with van der Waals surface area (Å²) < 4.78 is 0. The van der Waals surface area contributed by atoms with Crippen LogP contribution in [0.1, 0.15) is 22.0 Å². The number of fused-ring (bicyclic) bond motifs is 1. The highest BCUT2D eigenvalue weighted by molar-refractivity contribution is 7.18. The van der Waals surface area contributed by atoms with Gasteiger partial charge in [-0.05, 0) is 18.4 Å². The van der Waals surface area contributed by atoms with Crippen molar-refractivity contribution in [3.63, 3.8) is 0 Å². The third kappa shape index (κ3) is 4.01. The first-order chi connectivity index (χ1) is 15.1. The van der Waals surface area contributed by atoms with Gasteiger partial charge in [-0.2, -0.15) is 0 Å². The Labute approximate surface area is 186 Å². The summed E-state index contributed by atoms with van der Waals surface area (Å²) in [7, 11) is 0. The zero-order chi connectivity index (χ0) is 21.4. The second-order valence-electron chi connectivity index (χ2n) is 7.43. The van der Waals surface area contributed by atoms with E-state index >= 15 is 0 Å². The normalized spacial score (nSPS) is 14.9. The molecular formula is C21H20N6O2S2. The summed E-state index contributed by atoms with van der Waals surface area (Å²) in [6.45, 7) is 5.00. The fourth-order valence-corrected chi connectivity index (χ4v) is 5.45. The zero-order valence-electron chi connectivity index (χ0n) is 16.9. The maximum absolute atomic E-state index is 12.8. The summed E-state index contributed by atoms with van der Waals surface area (Å²) in [5, 5.41) is 4.66. The van der Waals surface area contributed by atoms with Crippen LogP contribution < -0.4 is 5.56 Å². The van der Waals surface area contributed by atoms with Crippen LogP contribution in [0, 0.1) is 6.92 Å². The zero-order valence-corrected chi connectivity index (χ0v) is 18.5. The van der Waals surface area contributed by atoms with Gasteiger partial charge in [0.25, 0.3) is 11.5 Å². The van der Waals surface area contributed by atoms with Crippen LogP contribution in [-0.4, -0.2) is 61.8 Å². The first-order valence-electron chi connectivity index (χ1n) is 9.93. The molecule has 0 atom stereocenters. The topological polar surface area (TPSA) is 95.1 Å². The molecule has 0 aromatic carbocycles. The first-order valence-corrected chi connectivity index (χ1v) is 11.7. The molecule has 0 saturated carbocycles. The summed E-state index contributed by atoms with van der Waals surface area (Å²) in [5.41, 5.74) is 2.00. The number of H-pyrrole nitrogens is 1. The molecule has 8 nitrogen and oxygen atoms in total. The second kappa shape index (κ2) is 8.29. The van der Waals surface area contributed by atoms with Crippen LogP contribution in [0.4, 0.5) is 0 Å². The van der Waals surface area contributed by atoms with Gasteiger partial charge in [-0.1, -0.05) is 6.07 Å². The average molecular weight is 453 g/mol. The molecular weight excluding hydrogens is 432 g/mol. The van der Waals surface area contributed by atoms with Crippen molar-refractivity contribution in [1.82, 2.24) is 29.7 Å². The number of hydrogen-bond donors (Lipinski definition) is 1. The van der Waals surface area contributed by atoms with Crippen molar-refractivity contribution in [2.45, 2.75) is 13.5 Å². The molecule has 0 radical (unpaired) electrons. The van der Waals surface area contributed by atoms with Gasteiger partial charge in [0.2, 0.25) is 0 Å². The predicted octanol–water partition coefficient (Wildman–Crippen LogP) is 2.77. The molecule has 0 spiro atoms. The van der Waals surface area contributed by atoms with E-state index in [1.54, 1.807) is 22.4 Å². The van der Waals surface area contributed by atoms with Crippen molar-refractivity contribution < 1.29 is 4.79 Å². The Morgan fingerprint density at radius 1 is 1.16 bits per heavy atom. The quantitative estimate of drug-likeness (QED) is 0.512. The molecule has 1 fully saturated rings. The highest BCUT2D eigenvalue weighted by Gasteiger charge is 2.24. The van der Waals surface area contributed by atoms with Crippen LogP contribution in [0.3, 0.4) is 0 Å². The number of carbonyl (C=O) groups is 1. The molecule has 5 rings (SSSR count). The van der Waals surface area contributed by atoms with Crippen molar-refractivity contribution in [1.29, 1.82) is 0 Å². The van der Waals surface area contributed by atoms with Gasteiger partial charge in [-0.15, -0.1) is 22.7 Å². The van der Waals surface area contributed by atoms with Gasteiger partial charge < -0.3 is 9.88 Å². The van der Waals surface area contributed by atoms with Crippen LogP contribution >= 0.6 is 22.7 Å². The molecule has 5 heterocycles. The molecule has 0 unspecified atom stereocenters. The largest absolute Gasteiger partial charge is 0.335 e. The van der Waals surface area contributed by atoms with Gasteiger partial charge in [-0.25, -0.2) is 9.97 Å². The van der Waals surface area contributed by atoms with Crippen LogP contribution in [-0.2, 0) is 6.54 Å². The van der Waals surface area contributed by atoms with Crippen LogP contribution in [0.15, 0.2) is 40.1 Å². The molecule has 0 aliphatic carbocycles. The maximum atomic E-state index is 12.8. The number of thiophene rings is 2. The number of rotatable bonds is 4. The van der Waals surface area contributed by atoms with Crippen molar-refractivity contribution in [2.75, 3.05) is 26.2 Å². The minimum Gasteiger partial charge on any atom is -0.335 e. The van der Waals surface area contributed by atoms with Gasteiger partial charge in [0, 0.05) is 48.2 Å². The number of nitrogens with one attached hydrogen (secondary N) is 1. The Balaban J connectivity index is 1.27. The van der Waals surface area contributed by atoms with Crippen LogP contribution in [0.5, 0.6) is 0 Å².